The van der Waals surface area contributed by atoms with Crippen LogP contribution in [0, 0.1) is 61.8 Å². The summed E-state index contributed by atoms with van der Waals surface area (Å²) in [6, 6.07) is 15.0. The summed E-state index contributed by atoms with van der Waals surface area (Å²) in [7, 11) is 0. The zero-order chi connectivity index (χ0) is 29.5. The number of nitro benzene ring substituents is 2. The Hall–Kier alpha value is -4.98. The molecule has 0 heterocycles. The van der Waals surface area contributed by atoms with Crippen LogP contribution in [0.1, 0.15) is 65.2 Å². The molecule has 8 nitrogen and oxygen atoms in total. The highest BCUT2D eigenvalue weighted by molar-refractivity contribution is 6.13. The Morgan fingerprint density at radius 3 is 1.10 bits per heavy atom. The maximum absolute atomic E-state index is 13.7. The summed E-state index contributed by atoms with van der Waals surface area (Å²) in [5, 5.41) is 22.1. The average molecular weight is 537 g/mol. The molecule has 0 radical (unpaired) electrons. The summed E-state index contributed by atoms with van der Waals surface area (Å²) >= 11 is 0. The lowest BCUT2D eigenvalue weighted by atomic mass is 9.80. The summed E-state index contributed by atoms with van der Waals surface area (Å²) in [5.41, 5.74) is 8.19. The van der Waals surface area contributed by atoms with E-state index in [2.05, 4.69) is 0 Å². The van der Waals surface area contributed by atoms with E-state index in [1.54, 1.807) is 0 Å². The molecule has 0 fully saturated rings. The second-order valence-corrected chi connectivity index (χ2v) is 10.0. The third-order valence-corrected chi connectivity index (χ3v) is 7.33. The van der Waals surface area contributed by atoms with E-state index in [9.17, 15) is 29.8 Å². The van der Waals surface area contributed by atoms with Crippen LogP contribution in [0.3, 0.4) is 0 Å². The maximum atomic E-state index is 13.7. The number of aryl methyl sites for hydroxylation is 4. The Kier molecular flexibility index (Phi) is 7.46. The third kappa shape index (κ3) is 4.91. The number of nitro groups is 2. The molecule has 0 aliphatic heterocycles. The number of hydrogen-bond donors (Lipinski definition) is 0. The molecule has 4 aromatic carbocycles. The molecular formula is C32H28N2O6. The molecule has 4 rings (SSSR count). The second kappa shape index (κ2) is 10.6. The van der Waals surface area contributed by atoms with Gasteiger partial charge in [-0.1, -0.05) is 12.1 Å². The first-order valence-electron chi connectivity index (χ1n) is 12.6. The first-order valence-corrected chi connectivity index (χ1v) is 12.6. The summed E-state index contributed by atoms with van der Waals surface area (Å²) in [5.74, 6) is -0.480. The van der Waals surface area contributed by atoms with E-state index >= 15 is 0 Å². The Bertz CT molecular complexity index is 1590. The quantitative estimate of drug-likeness (QED) is 0.137. The van der Waals surface area contributed by atoms with Gasteiger partial charge in [0, 0.05) is 46.5 Å². The zero-order valence-electron chi connectivity index (χ0n) is 23.1. The molecule has 0 saturated heterocycles. The van der Waals surface area contributed by atoms with Crippen molar-refractivity contribution in [2.45, 2.75) is 41.5 Å². The second-order valence-electron chi connectivity index (χ2n) is 10.0. The van der Waals surface area contributed by atoms with E-state index in [1.807, 2.05) is 53.7 Å². The van der Waals surface area contributed by atoms with Crippen LogP contribution in [-0.4, -0.2) is 21.4 Å². The van der Waals surface area contributed by atoms with Gasteiger partial charge in [-0.3, -0.25) is 29.8 Å². The Labute approximate surface area is 231 Å². The molecule has 0 amide bonds. The third-order valence-electron chi connectivity index (χ3n) is 7.33. The zero-order valence-corrected chi connectivity index (χ0v) is 23.1. The normalized spacial score (nSPS) is 10.8. The molecule has 0 spiro atoms. The van der Waals surface area contributed by atoms with Gasteiger partial charge in [-0.15, -0.1) is 0 Å². The van der Waals surface area contributed by atoms with Gasteiger partial charge in [0.2, 0.25) is 0 Å². The highest BCUT2D eigenvalue weighted by Crippen LogP contribution is 2.39. The molecule has 4 aromatic rings. The van der Waals surface area contributed by atoms with E-state index in [-0.39, 0.29) is 22.9 Å². The molecule has 0 saturated carbocycles. The van der Waals surface area contributed by atoms with Crippen LogP contribution in [0.2, 0.25) is 0 Å². The molecular weight excluding hydrogens is 508 g/mol. The van der Waals surface area contributed by atoms with Gasteiger partial charge < -0.3 is 0 Å². The molecule has 40 heavy (non-hydrogen) atoms. The van der Waals surface area contributed by atoms with Crippen LogP contribution in [-0.2, 0) is 0 Å². The minimum Gasteiger partial charge on any atom is -0.289 e. The van der Waals surface area contributed by atoms with Crippen molar-refractivity contribution in [3.63, 3.8) is 0 Å². The van der Waals surface area contributed by atoms with E-state index in [1.165, 1.54) is 48.5 Å². The molecule has 202 valence electrons. The van der Waals surface area contributed by atoms with Crippen molar-refractivity contribution in [1.29, 1.82) is 0 Å². The molecule has 0 unspecified atom stereocenters. The minimum absolute atomic E-state index is 0.0919. The minimum atomic E-state index is -0.507. The van der Waals surface area contributed by atoms with Crippen molar-refractivity contribution < 1.29 is 19.4 Å². The fraction of sp³-hybridized carbons (Fsp3) is 0.188. The molecule has 0 atom stereocenters. The Morgan fingerprint density at radius 1 is 0.525 bits per heavy atom. The number of carbonyl (C=O) groups excluding carboxylic acids is 2. The SMILES string of the molecule is Cc1cc(C)c(-c2c(C)cc(C)c(C(=O)c3ccc([N+](=O)[O-])cc3)c2C)c(C)c1C(=O)c1ccc([N+](=O)[O-])cc1. The smallest absolute Gasteiger partial charge is 0.269 e. The van der Waals surface area contributed by atoms with Crippen molar-refractivity contribution in [1.82, 2.24) is 0 Å². The molecule has 8 heteroatoms. The predicted molar refractivity (Wildman–Crippen MR) is 153 cm³/mol. The van der Waals surface area contributed by atoms with Crippen molar-refractivity contribution in [2.75, 3.05) is 0 Å². The maximum Gasteiger partial charge on any atom is 0.269 e. The molecule has 0 N–H and O–H groups in total. The van der Waals surface area contributed by atoms with Gasteiger partial charge in [0.15, 0.2) is 11.6 Å². The van der Waals surface area contributed by atoms with Crippen LogP contribution in [0.15, 0.2) is 60.7 Å². The lowest BCUT2D eigenvalue weighted by molar-refractivity contribution is -0.385. The Morgan fingerprint density at radius 2 is 0.825 bits per heavy atom. The van der Waals surface area contributed by atoms with Crippen LogP contribution >= 0.6 is 0 Å². The number of non-ortho nitro benzene ring substituents is 2. The lowest BCUT2D eigenvalue weighted by Gasteiger charge is -2.22. The number of rotatable bonds is 7. The standard InChI is InChI=1S/C32H28N2O6/c1-17-15-19(3)29(31(35)23-7-11-25(12-8-23)33(37)38)21(5)27(17)28-18(2)16-20(4)30(22(28)6)32(36)24-9-13-26(14-10-24)34(39)40/h7-16H,1-6H3. The fourth-order valence-electron chi connectivity index (χ4n) is 5.60. The van der Waals surface area contributed by atoms with E-state index in [0.29, 0.717) is 22.3 Å². The van der Waals surface area contributed by atoms with Crippen LogP contribution in [0.25, 0.3) is 11.1 Å². The summed E-state index contributed by atoms with van der Waals surface area (Å²) in [6.07, 6.45) is 0. The number of hydrogen-bond acceptors (Lipinski definition) is 6. The topological polar surface area (TPSA) is 120 Å². The molecule has 0 aliphatic carbocycles. The van der Waals surface area contributed by atoms with Gasteiger partial charge >= 0.3 is 0 Å². The van der Waals surface area contributed by atoms with Crippen LogP contribution in [0.4, 0.5) is 11.4 Å². The fourth-order valence-corrected chi connectivity index (χ4v) is 5.60. The highest BCUT2D eigenvalue weighted by Gasteiger charge is 2.25. The Balaban J connectivity index is 1.89. The summed E-state index contributed by atoms with van der Waals surface area (Å²) in [6.45, 7) is 11.4. The van der Waals surface area contributed by atoms with Crippen molar-refractivity contribution in [2.24, 2.45) is 0 Å². The van der Waals surface area contributed by atoms with Crippen molar-refractivity contribution in [3.8, 4) is 11.1 Å². The van der Waals surface area contributed by atoms with Crippen molar-refractivity contribution in [3.05, 3.63) is 137 Å². The highest BCUT2D eigenvalue weighted by atomic mass is 16.6. The predicted octanol–water partition coefficient (Wildman–Crippen LogP) is 7.48. The van der Waals surface area contributed by atoms with Crippen LogP contribution in [0.5, 0.6) is 0 Å². The number of benzene rings is 4. The van der Waals surface area contributed by atoms with E-state index in [0.717, 1.165) is 44.5 Å². The van der Waals surface area contributed by atoms with E-state index in [4.69, 9.17) is 0 Å². The molecule has 0 bridgehead atoms. The molecule has 0 aliphatic rings. The van der Waals surface area contributed by atoms with Gasteiger partial charge in [0.1, 0.15) is 0 Å². The van der Waals surface area contributed by atoms with Crippen LogP contribution < -0.4 is 0 Å². The van der Waals surface area contributed by atoms with Gasteiger partial charge in [-0.05, 0) is 110 Å². The molecule has 0 aromatic heterocycles. The number of nitrogens with zero attached hydrogens (tertiary/aromatic N) is 2. The lowest BCUT2D eigenvalue weighted by Crippen LogP contribution is -2.12. The largest absolute Gasteiger partial charge is 0.289 e. The van der Waals surface area contributed by atoms with Gasteiger partial charge in [-0.25, -0.2) is 0 Å². The van der Waals surface area contributed by atoms with E-state index < -0.39 is 9.85 Å². The first-order chi connectivity index (χ1) is 18.8. The number of ketones is 2. The average Bonchev–Trinajstić information content (AvgIpc) is 2.90. The van der Waals surface area contributed by atoms with Gasteiger partial charge in [0.25, 0.3) is 11.4 Å². The summed E-state index contributed by atoms with van der Waals surface area (Å²) in [4.78, 5) is 48.4. The first kappa shape index (κ1) is 28.0. The summed E-state index contributed by atoms with van der Waals surface area (Å²) < 4.78 is 0. The number of carbonyl (C=O) groups is 2. The van der Waals surface area contributed by atoms with Gasteiger partial charge in [0.05, 0.1) is 9.85 Å². The monoisotopic (exact) mass is 536 g/mol. The van der Waals surface area contributed by atoms with Crippen molar-refractivity contribution >= 4 is 22.9 Å². The van der Waals surface area contributed by atoms with Gasteiger partial charge in [-0.2, -0.15) is 0 Å².